The van der Waals surface area contributed by atoms with Gasteiger partial charge in [0, 0.05) is 12.2 Å². The lowest BCUT2D eigenvalue weighted by molar-refractivity contribution is -0.129. The fourth-order valence-electron chi connectivity index (χ4n) is 1.70. The molecule has 0 heterocycles. The maximum absolute atomic E-state index is 12.0. The molecule has 0 radical (unpaired) electrons. The first-order valence-corrected chi connectivity index (χ1v) is 6.17. The molecule has 1 aromatic rings. The zero-order chi connectivity index (χ0) is 13.5. The van der Waals surface area contributed by atoms with Crippen LogP contribution in [0.25, 0.3) is 0 Å². The van der Waals surface area contributed by atoms with Gasteiger partial charge in [0.15, 0.2) is 0 Å². The second-order valence-electron chi connectivity index (χ2n) is 4.32. The van der Waals surface area contributed by atoms with E-state index in [1.807, 2.05) is 38.1 Å². The number of nitrogens with one attached hydrogen (secondary N) is 1. The van der Waals surface area contributed by atoms with Crippen molar-refractivity contribution >= 4 is 18.0 Å². The van der Waals surface area contributed by atoms with E-state index in [4.69, 9.17) is 0 Å². The third kappa shape index (κ3) is 3.58. The van der Waals surface area contributed by atoms with E-state index in [2.05, 4.69) is 5.32 Å². The van der Waals surface area contributed by atoms with Crippen molar-refractivity contribution in [3.05, 3.63) is 29.8 Å². The molecule has 1 N–H and O–H groups in total. The fourth-order valence-corrected chi connectivity index (χ4v) is 1.70. The van der Waals surface area contributed by atoms with Gasteiger partial charge in [0.2, 0.25) is 12.3 Å². The minimum atomic E-state index is -0.456. The molecule has 1 unspecified atom stereocenters. The number of para-hydroxylation sites is 1. The van der Waals surface area contributed by atoms with Gasteiger partial charge in [-0.05, 0) is 31.9 Å². The summed E-state index contributed by atoms with van der Waals surface area (Å²) in [6.45, 7) is 6.23. The van der Waals surface area contributed by atoms with Crippen LogP contribution < -0.4 is 5.32 Å². The van der Waals surface area contributed by atoms with Crippen LogP contribution in [0.4, 0.5) is 5.69 Å². The molecule has 1 atom stereocenters. The number of anilines is 1. The molecular weight excluding hydrogens is 228 g/mol. The van der Waals surface area contributed by atoms with Crippen molar-refractivity contribution in [3.63, 3.8) is 0 Å². The summed E-state index contributed by atoms with van der Waals surface area (Å²) in [6, 6.07) is 7.12. The second kappa shape index (κ2) is 6.79. The number of carbonyl (C=O) groups is 2. The predicted octanol–water partition coefficient (Wildman–Crippen LogP) is 2.19. The largest absolute Gasteiger partial charge is 0.334 e. The van der Waals surface area contributed by atoms with Crippen molar-refractivity contribution < 1.29 is 9.59 Å². The Balaban J connectivity index is 2.70. The van der Waals surface area contributed by atoms with Crippen LogP contribution in [-0.2, 0) is 9.59 Å². The van der Waals surface area contributed by atoms with Gasteiger partial charge in [-0.3, -0.25) is 9.59 Å². The highest BCUT2D eigenvalue weighted by Crippen LogP contribution is 2.14. The van der Waals surface area contributed by atoms with E-state index in [0.717, 1.165) is 24.1 Å². The van der Waals surface area contributed by atoms with Crippen LogP contribution in [0, 0.1) is 6.92 Å². The van der Waals surface area contributed by atoms with Gasteiger partial charge < -0.3 is 10.2 Å². The zero-order valence-corrected chi connectivity index (χ0v) is 11.1. The Hall–Kier alpha value is -1.84. The highest BCUT2D eigenvalue weighted by molar-refractivity contribution is 5.96. The molecule has 2 amide bonds. The van der Waals surface area contributed by atoms with E-state index in [9.17, 15) is 9.59 Å². The highest BCUT2D eigenvalue weighted by atomic mass is 16.2. The average molecular weight is 248 g/mol. The molecule has 0 spiro atoms. The van der Waals surface area contributed by atoms with Gasteiger partial charge >= 0.3 is 0 Å². The molecule has 1 aromatic carbocycles. The van der Waals surface area contributed by atoms with E-state index in [0.29, 0.717) is 6.54 Å². The molecule has 18 heavy (non-hydrogen) atoms. The molecule has 0 fully saturated rings. The molecule has 98 valence electrons. The summed E-state index contributed by atoms with van der Waals surface area (Å²) in [5.74, 6) is -0.162. The van der Waals surface area contributed by atoms with E-state index < -0.39 is 6.04 Å². The van der Waals surface area contributed by atoms with Crippen molar-refractivity contribution in [2.24, 2.45) is 0 Å². The maximum atomic E-state index is 12.0. The van der Waals surface area contributed by atoms with Crippen molar-refractivity contribution in [1.82, 2.24) is 4.90 Å². The van der Waals surface area contributed by atoms with Crippen molar-refractivity contribution in [1.29, 1.82) is 0 Å². The Bertz CT molecular complexity index is 418. The summed E-state index contributed by atoms with van der Waals surface area (Å²) in [5.41, 5.74) is 1.79. The minimum Gasteiger partial charge on any atom is -0.334 e. The van der Waals surface area contributed by atoms with Crippen LogP contribution in [0.1, 0.15) is 25.8 Å². The van der Waals surface area contributed by atoms with Crippen LogP contribution in [-0.4, -0.2) is 29.8 Å². The molecule has 0 aromatic heterocycles. The average Bonchev–Trinajstić information content (AvgIpc) is 2.37. The van der Waals surface area contributed by atoms with Crippen LogP contribution >= 0.6 is 0 Å². The lowest BCUT2D eigenvalue weighted by Crippen LogP contribution is -2.41. The number of nitrogens with zero attached hydrogens (tertiary/aromatic N) is 1. The Labute approximate surface area is 108 Å². The normalized spacial score (nSPS) is 11.7. The summed E-state index contributed by atoms with van der Waals surface area (Å²) >= 11 is 0. The molecule has 4 heteroatoms. The molecule has 0 bridgehead atoms. The van der Waals surface area contributed by atoms with Gasteiger partial charge in [0.05, 0.1) is 0 Å². The number of hydrogen-bond donors (Lipinski definition) is 1. The van der Waals surface area contributed by atoms with Gasteiger partial charge in [-0.15, -0.1) is 0 Å². The number of benzene rings is 1. The standard InChI is InChI=1S/C14H20N2O2/c1-4-9-16(10-17)12(3)14(18)15-13-8-6-5-7-11(13)2/h5-8,10,12H,4,9H2,1-3H3,(H,15,18). The maximum Gasteiger partial charge on any atom is 0.246 e. The summed E-state index contributed by atoms with van der Waals surface area (Å²) < 4.78 is 0. The molecule has 0 aliphatic carbocycles. The van der Waals surface area contributed by atoms with Gasteiger partial charge in [0.25, 0.3) is 0 Å². The van der Waals surface area contributed by atoms with Crippen LogP contribution in [0.15, 0.2) is 24.3 Å². The van der Waals surface area contributed by atoms with Crippen LogP contribution in [0.2, 0.25) is 0 Å². The third-order valence-corrected chi connectivity index (χ3v) is 2.90. The lowest BCUT2D eigenvalue weighted by atomic mass is 10.2. The first-order valence-electron chi connectivity index (χ1n) is 6.17. The molecule has 4 nitrogen and oxygen atoms in total. The van der Waals surface area contributed by atoms with Crippen LogP contribution in [0.3, 0.4) is 0 Å². The van der Waals surface area contributed by atoms with E-state index in [-0.39, 0.29) is 5.91 Å². The molecular formula is C14H20N2O2. The van der Waals surface area contributed by atoms with Crippen molar-refractivity contribution in [2.45, 2.75) is 33.2 Å². The summed E-state index contributed by atoms with van der Waals surface area (Å²) in [5, 5.41) is 2.84. The summed E-state index contributed by atoms with van der Waals surface area (Å²) in [7, 11) is 0. The monoisotopic (exact) mass is 248 g/mol. The van der Waals surface area contributed by atoms with E-state index >= 15 is 0 Å². The summed E-state index contributed by atoms with van der Waals surface area (Å²) in [6.07, 6.45) is 1.56. The lowest BCUT2D eigenvalue weighted by Gasteiger charge is -2.24. The zero-order valence-electron chi connectivity index (χ0n) is 11.1. The van der Waals surface area contributed by atoms with Gasteiger partial charge in [-0.2, -0.15) is 0 Å². The Morgan fingerprint density at radius 2 is 2.11 bits per heavy atom. The topological polar surface area (TPSA) is 49.4 Å². The van der Waals surface area contributed by atoms with Gasteiger partial charge in [-0.1, -0.05) is 25.1 Å². The molecule has 0 aliphatic rings. The first kappa shape index (κ1) is 14.2. The van der Waals surface area contributed by atoms with Crippen LogP contribution in [0.5, 0.6) is 0 Å². The Kier molecular flexibility index (Phi) is 5.36. The van der Waals surface area contributed by atoms with Gasteiger partial charge in [-0.25, -0.2) is 0 Å². The molecule has 0 saturated carbocycles. The Morgan fingerprint density at radius 3 is 2.67 bits per heavy atom. The number of hydrogen-bond acceptors (Lipinski definition) is 2. The first-order chi connectivity index (χ1) is 8.60. The van der Waals surface area contributed by atoms with Crippen molar-refractivity contribution in [3.8, 4) is 0 Å². The van der Waals surface area contributed by atoms with E-state index in [1.54, 1.807) is 6.92 Å². The third-order valence-electron chi connectivity index (χ3n) is 2.90. The number of rotatable bonds is 6. The smallest absolute Gasteiger partial charge is 0.246 e. The SMILES string of the molecule is CCCN(C=O)C(C)C(=O)Nc1ccccc1C. The molecule has 0 aliphatic heterocycles. The number of carbonyl (C=O) groups excluding carboxylic acids is 2. The van der Waals surface area contributed by atoms with Crippen molar-refractivity contribution in [2.75, 3.05) is 11.9 Å². The Morgan fingerprint density at radius 1 is 1.44 bits per heavy atom. The minimum absolute atomic E-state index is 0.162. The summed E-state index contributed by atoms with van der Waals surface area (Å²) in [4.78, 5) is 24.4. The fraction of sp³-hybridized carbons (Fsp3) is 0.429. The predicted molar refractivity (Wildman–Crippen MR) is 72.3 cm³/mol. The highest BCUT2D eigenvalue weighted by Gasteiger charge is 2.19. The quantitative estimate of drug-likeness (QED) is 0.784. The molecule has 0 saturated heterocycles. The number of aryl methyl sites for hydroxylation is 1. The number of amides is 2. The second-order valence-corrected chi connectivity index (χ2v) is 4.32. The van der Waals surface area contributed by atoms with Gasteiger partial charge in [0.1, 0.15) is 6.04 Å². The molecule has 1 rings (SSSR count). The van der Waals surface area contributed by atoms with E-state index in [1.165, 1.54) is 4.90 Å².